The lowest BCUT2D eigenvalue weighted by molar-refractivity contribution is 0.391. The molecule has 1 saturated carbocycles. The van der Waals surface area contributed by atoms with Crippen LogP contribution in [0.1, 0.15) is 55.6 Å². The number of hydrogen-bond acceptors (Lipinski definition) is 9. The van der Waals surface area contributed by atoms with Gasteiger partial charge in [0, 0.05) is 41.7 Å². The molecule has 1 aliphatic rings. The fraction of sp³-hybridized carbons (Fsp3) is 0.370. The third-order valence-electron chi connectivity index (χ3n) is 6.96. The van der Waals surface area contributed by atoms with Gasteiger partial charge in [0.1, 0.15) is 23.0 Å². The van der Waals surface area contributed by atoms with E-state index in [-0.39, 0.29) is 5.95 Å². The van der Waals surface area contributed by atoms with Crippen LogP contribution in [-0.4, -0.2) is 57.6 Å². The van der Waals surface area contributed by atoms with Crippen molar-refractivity contribution in [2.24, 2.45) is 0 Å². The number of hydrogen-bond donors (Lipinski definition) is 1. The molecule has 0 aliphatic heterocycles. The van der Waals surface area contributed by atoms with Crippen molar-refractivity contribution in [2.45, 2.75) is 50.7 Å². The Morgan fingerprint density at radius 2 is 1.67 bits per heavy atom. The number of aromatic nitrogens is 6. The average Bonchev–Trinajstić information content (AvgIpc) is 3.73. The first-order valence-electron chi connectivity index (χ1n) is 12.7. The van der Waals surface area contributed by atoms with E-state index in [0.717, 1.165) is 29.7 Å². The first kappa shape index (κ1) is 26.5. The molecule has 0 radical (unpaired) electrons. The summed E-state index contributed by atoms with van der Waals surface area (Å²) >= 11 is 0. The molecule has 3 aromatic heterocycles. The van der Waals surface area contributed by atoms with Crippen molar-refractivity contribution in [1.29, 1.82) is 0 Å². The predicted molar refractivity (Wildman–Crippen MR) is 147 cm³/mol. The van der Waals surface area contributed by atoms with Gasteiger partial charge in [-0.3, -0.25) is 14.3 Å². The summed E-state index contributed by atoms with van der Waals surface area (Å²) in [6.07, 6.45) is 7.27. The van der Waals surface area contributed by atoms with Crippen molar-refractivity contribution in [3.8, 4) is 28.6 Å². The predicted octanol–water partition coefficient (Wildman–Crippen LogP) is 4.26. The van der Waals surface area contributed by atoms with Crippen LogP contribution in [0.2, 0.25) is 0 Å². The standard InChI is InChI=1S/C27H31N7O4S/c1-16-14-29-25(30-15-16)17(2)18(3)39(35,36)33-27-32-31-26(20-11-12-28-21(13-20)19-9-10-19)34(27)24-22(37-4)7-6-8-23(24)38-5/h6-8,11-15,17-19H,9-10H2,1-5H3,(H,32,33)/t17-,18-/m0/s1. The normalized spacial score (nSPS) is 15.0. The van der Waals surface area contributed by atoms with Gasteiger partial charge < -0.3 is 9.47 Å². The van der Waals surface area contributed by atoms with E-state index in [9.17, 15) is 8.42 Å². The molecule has 0 unspecified atom stereocenters. The molecule has 0 amide bonds. The number of benzene rings is 1. The Kier molecular flexibility index (Phi) is 7.21. The third kappa shape index (κ3) is 5.29. The van der Waals surface area contributed by atoms with Crippen molar-refractivity contribution in [2.75, 3.05) is 18.9 Å². The highest BCUT2D eigenvalue weighted by Gasteiger charge is 2.33. The van der Waals surface area contributed by atoms with E-state index >= 15 is 0 Å². The summed E-state index contributed by atoms with van der Waals surface area (Å²) in [4.78, 5) is 13.2. The van der Waals surface area contributed by atoms with E-state index in [1.165, 1.54) is 14.2 Å². The number of ether oxygens (including phenoxy) is 2. The minimum absolute atomic E-state index is 0.00135. The van der Waals surface area contributed by atoms with Gasteiger partial charge in [0.15, 0.2) is 5.82 Å². The number of methoxy groups -OCH3 is 2. The van der Waals surface area contributed by atoms with Crippen molar-refractivity contribution in [3.63, 3.8) is 0 Å². The maximum absolute atomic E-state index is 13.7. The Hall–Kier alpha value is -4.06. The van der Waals surface area contributed by atoms with E-state index in [0.29, 0.717) is 34.8 Å². The molecule has 0 bridgehead atoms. The molecule has 1 fully saturated rings. The van der Waals surface area contributed by atoms with Crippen LogP contribution in [0.3, 0.4) is 0 Å². The number of sulfonamides is 1. The summed E-state index contributed by atoms with van der Waals surface area (Å²) in [5, 5.41) is 7.82. The van der Waals surface area contributed by atoms with Crippen LogP contribution in [0, 0.1) is 6.92 Å². The van der Waals surface area contributed by atoms with E-state index < -0.39 is 21.2 Å². The first-order valence-corrected chi connectivity index (χ1v) is 14.2. The SMILES string of the molecule is COc1cccc(OC)c1-n1c(NS(=O)(=O)[C@@H](C)[C@H](C)c2ncc(C)cn2)nnc1-c1ccnc(C2CC2)c1. The largest absolute Gasteiger partial charge is 0.494 e. The van der Waals surface area contributed by atoms with E-state index in [4.69, 9.17) is 9.47 Å². The Morgan fingerprint density at radius 3 is 2.28 bits per heavy atom. The minimum Gasteiger partial charge on any atom is -0.494 e. The van der Waals surface area contributed by atoms with Crippen molar-refractivity contribution in [3.05, 3.63) is 66.0 Å². The number of aryl methyl sites for hydroxylation is 1. The Bertz CT molecular complexity index is 1560. The number of nitrogens with one attached hydrogen (secondary N) is 1. The second-order valence-corrected chi connectivity index (χ2v) is 11.7. The van der Waals surface area contributed by atoms with Crippen LogP contribution in [0.15, 0.2) is 48.9 Å². The van der Waals surface area contributed by atoms with Crippen LogP contribution in [0.25, 0.3) is 17.1 Å². The summed E-state index contributed by atoms with van der Waals surface area (Å²) < 4.78 is 42.9. The molecule has 4 aromatic rings. The topological polar surface area (TPSA) is 134 Å². The molecule has 11 nitrogen and oxygen atoms in total. The van der Waals surface area contributed by atoms with Crippen LogP contribution in [0.5, 0.6) is 11.5 Å². The number of para-hydroxylation sites is 1. The molecule has 39 heavy (non-hydrogen) atoms. The lowest BCUT2D eigenvalue weighted by atomic mass is 10.1. The van der Waals surface area contributed by atoms with Gasteiger partial charge in [-0.1, -0.05) is 13.0 Å². The zero-order chi connectivity index (χ0) is 27.7. The summed E-state index contributed by atoms with van der Waals surface area (Å²) in [5.41, 5.74) is 3.07. The number of anilines is 1. The summed E-state index contributed by atoms with van der Waals surface area (Å²) in [5.74, 6) is 1.72. The van der Waals surface area contributed by atoms with Crippen LogP contribution < -0.4 is 14.2 Å². The summed E-state index contributed by atoms with van der Waals surface area (Å²) in [6.45, 7) is 5.28. The molecule has 204 valence electrons. The van der Waals surface area contributed by atoms with Gasteiger partial charge in [-0.05, 0) is 56.5 Å². The molecule has 2 atom stereocenters. The molecular formula is C27H31N7O4S. The molecule has 1 aliphatic carbocycles. The van der Waals surface area contributed by atoms with Crippen LogP contribution in [0.4, 0.5) is 5.95 Å². The quantitative estimate of drug-likeness (QED) is 0.308. The van der Waals surface area contributed by atoms with Crippen molar-refractivity contribution >= 4 is 16.0 Å². The van der Waals surface area contributed by atoms with Gasteiger partial charge in [-0.2, -0.15) is 0 Å². The minimum atomic E-state index is -3.97. The smallest absolute Gasteiger partial charge is 0.243 e. The molecular weight excluding hydrogens is 518 g/mol. The number of nitrogens with zero attached hydrogens (tertiary/aromatic N) is 6. The van der Waals surface area contributed by atoms with Gasteiger partial charge >= 0.3 is 0 Å². The molecule has 0 saturated heterocycles. The Labute approximate surface area is 227 Å². The zero-order valence-corrected chi connectivity index (χ0v) is 23.3. The highest BCUT2D eigenvalue weighted by Crippen LogP contribution is 2.41. The van der Waals surface area contributed by atoms with Gasteiger partial charge in [0.05, 0.1) is 19.5 Å². The van der Waals surface area contributed by atoms with Crippen LogP contribution >= 0.6 is 0 Å². The van der Waals surface area contributed by atoms with E-state index in [1.807, 2.05) is 19.1 Å². The fourth-order valence-electron chi connectivity index (χ4n) is 4.33. The van der Waals surface area contributed by atoms with Gasteiger partial charge in [-0.15, -0.1) is 10.2 Å². The highest BCUT2D eigenvalue weighted by atomic mass is 32.2. The Balaban J connectivity index is 1.61. The maximum Gasteiger partial charge on any atom is 0.243 e. The van der Waals surface area contributed by atoms with E-state index in [1.54, 1.807) is 55.2 Å². The molecule has 0 spiro atoms. The first-order chi connectivity index (χ1) is 18.7. The lowest BCUT2D eigenvalue weighted by Gasteiger charge is -2.21. The second kappa shape index (κ2) is 10.6. The molecule has 3 heterocycles. The van der Waals surface area contributed by atoms with Crippen molar-refractivity contribution < 1.29 is 17.9 Å². The fourth-order valence-corrected chi connectivity index (χ4v) is 5.56. The van der Waals surface area contributed by atoms with Crippen molar-refractivity contribution in [1.82, 2.24) is 29.7 Å². The Morgan fingerprint density at radius 1 is 1.00 bits per heavy atom. The highest BCUT2D eigenvalue weighted by molar-refractivity contribution is 7.93. The van der Waals surface area contributed by atoms with Crippen LogP contribution in [-0.2, 0) is 10.0 Å². The van der Waals surface area contributed by atoms with Gasteiger partial charge in [-0.25, -0.2) is 18.4 Å². The summed E-state index contributed by atoms with van der Waals surface area (Å²) in [7, 11) is -0.895. The van der Waals surface area contributed by atoms with E-state index in [2.05, 4.69) is 29.9 Å². The second-order valence-electron chi connectivity index (χ2n) is 9.70. The number of pyridine rings is 1. The molecule has 5 rings (SSSR count). The monoisotopic (exact) mass is 549 g/mol. The number of rotatable bonds is 10. The average molecular weight is 550 g/mol. The molecule has 12 heteroatoms. The van der Waals surface area contributed by atoms with Gasteiger partial charge in [0.2, 0.25) is 16.0 Å². The lowest BCUT2D eigenvalue weighted by Crippen LogP contribution is -2.31. The molecule has 1 aromatic carbocycles. The van der Waals surface area contributed by atoms with Gasteiger partial charge in [0.25, 0.3) is 0 Å². The third-order valence-corrected chi connectivity index (χ3v) is 8.81. The zero-order valence-electron chi connectivity index (χ0n) is 22.5. The maximum atomic E-state index is 13.7. The molecule has 1 N–H and O–H groups in total. The summed E-state index contributed by atoms with van der Waals surface area (Å²) in [6, 6.07) is 9.12.